The van der Waals surface area contributed by atoms with Crippen LogP contribution in [-0.4, -0.2) is 21.3 Å². The van der Waals surface area contributed by atoms with E-state index in [1.807, 2.05) is 6.07 Å². The van der Waals surface area contributed by atoms with E-state index >= 15 is 0 Å². The van der Waals surface area contributed by atoms with Crippen LogP contribution in [0.2, 0.25) is 0 Å². The lowest BCUT2D eigenvalue weighted by Gasteiger charge is -2.12. The van der Waals surface area contributed by atoms with E-state index in [1.165, 1.54) is 33.0 Å². The monoisotopic (exact) mass is 426 g/mol. The Labute approximate surface area is 190 Å². The molecule has 0 atom stereocenters. The third kappa shape index (κ3) is 5.23. The summed E-state index contributed by atoms with van der Waals surface area (Å²) in [5.41, 5.74) is 5.18. The summed E-state index contributed by atoms with van der Waals surface area (Å²) in [6.45, 7) is 0. The summed E-state index contributed by atoms with van der Waals surface area (Å²) in [5.74, 6) is 2.45. The zero-order valence-corrected chi connectivity index (χ0v) is 19.1. The second-order valence-corrected chi connectivity index (χ2v) is 8.06. The van der Waals surface area contributed by atoms with Crippen LogP contribution in [0.1, 0.15) is 22.3 Å². The maximum atomic E-state index is 5.59. The number of benzene rings is 4. The Balaban J connectivity index is 1.46. The van der Waals surface area contributed by atoms with Gasteiger partial charge in [-0.1, -0.05) is 54.6 Å². The van der Waals surface area contributed by atoms with Crippen LogP contribution in [0.25, 0.3) is 10.8 Å². The van der Waals surface area contributed by atoms with Crippen LogP contribution < -0.4 is 14.2 Å². The van der Waals surface area contributed by atoms with E-state index in [-0.39, 0.29) is 0 Å². The molecule has 4 aromatic rings. The van der Waals surface area contributed by atoms with Gasteiger partial charge in [0.1, 0.15) is 5.75 Å². The van der Waals surface area contributed by atoms with Crippen molar-refractivity contribution in [2.24, 2.45) is 0 Å². The molecule has 0 bridgehead atoms. The molecule has 0 fully saturated rings. The normalized spacial score (nSPS) is 10.8. The summed E-state index contributed by atoms with van der Waals surface area (Å²) >= 11 is 0. The fourth-order valence-corrected chi connectivity index (χ4v) is 4.14. The molecule has 0 aliphatic heterocycles. The van der Waals surface area contributed by atoms with Crippen molar-refractivity contribution >= 4 is 10.8 Å². The summed E-state index contributed by atoms with van der Waals surface area (Å²) in [5, 5.41) is 2.58. The van der Waals surface area contributed by atoms with Gasteiger partial charge in [-0.05, 0) is 83.0 Å². The number of aryl methyl sites for hydroxylation is 4. The molecule has 0 saturated carbocycles. The lowest BCUT2D eigenvalue weighted by molar-refractivity contribution is 0.354. The van der Waals surface area contributed by atoms with Gasteiger partial charge in [0.2, 0.25) is 0 Å². The summed E-state index contributed by atoms with van der Waals surface area (Å²) < 4.78 is 16.4. The topological polar surface area (TPSA) is 27.7 Å². The van der Waals surface area contributed by atoms with E-state index in [9.17, 15) is 0 Å². The standard InChI is InChI=1S/C29H30O3/c1-30-27-18-23(10-8-21-12-14-25-6-4-5-7-26(25)17-21)16-24(19-27)11-9-22-13-15-28(31-2)29(20-22)32-3/h4-7,12-20H,8-11H2,1-3H3. The van der Waals surface area contributed by atoms with Crippen molar-refractivity contribution in [3.8, 4) is 17.2 Å². The highest BCUT2D eigenvalue weighted by Crippen LogP contribution is 2.28. The van der Waals surface area contributed by atoms with E-state index < -0.39 is 0 Å². The lowest BCUT2D eigenvalue weighted by Crippen LogP contribution is -1.98. The van der Waals surface area contributed by atoms with E-state index in [2.05, 4.69) is 72.8 Å². The lowest BCUT2D eigenvalue weighted by atomic mass is 9.97. The van der Waals surface area contributed by atoms with Gasteiger partial charge in [0, 0.05) is 0 Å². The van der Waals surface area contributed by atoms with Gasteiger partial charge in [-0.3, -0.25) is 0 Å². The second kappa shape index (κ2) is 10.2. The molecular formula is C29H30O3. The van der Waals surface area contributed by atoms with Crippen molar-refractivity contribution in [3.63, 3.8) is 0 Å². The molecule has 0 heterocycles. The Morgan fingerprint density at radius 1 is 0.469 bits per heavy atom. The zero-order valence-electron chi connectivity index (χ0n) is 19.1. The first-order valence-electron chi connectivity index (χ1n) is 11.0. The maximum absolute atomic E-state index is 5.59. The summed E-state index contributed by atoms with van der Waals surface area (Å²) in [6.07, 6.45) is 3.86. The molecule has 4 rings (SSSR count). The smallest absolute Gasteiger partial charge is 0.160 e. The fraction of sp³-hybridized carbons (Fsp3) is 0.241. The van der Waals surface area contributed by atoms with Crippen molar-refractivity contribution < 1.29 is 14.2 Å². The number of rotatable bonds is 9. The van der Waals surface area contributed by atoms with E-state index in [0.717, 1.165) is 42.9 Å². The van der Waals surface area contributed by atoms with Crippen molar-refractivity contribution in [2.45, 2.75) is 25.7 Å². The maximum Gasteiger partial charge on any atom is 0.160 e. The van der Waals surface area contributed by atoms with Crippen LogP contribution in [0.4, 0.5) is 0 Å². The van der Waals surface area contributed by atoms with Gasteiger partial charge in [-0.25, -0.2) is 0 Å². The van der Waals surface area contributed by atoms with Crippen LogP contribution >= 0.6 is 0 Å². The number of hydrogen-bond donors (Lipinski definition) is 0. The molecule has 0 aromatic heterocycles. The van der Waals surface area contributed by atoms with Crippen LogP contribution in [0.15, 0.2) is 78.9 Å². The molecule has 32 heavy (non-hydrogen) atoms. The molecule has 4 aromatic carbocycles. The molecule has 3 nitrogen and oxygen atoms in total. The molecule has 0 amide bonds. The first-order chi connectivity index (χ1) is 15.7. The zero-order chi connectivity index (χ0) is 22.3. The van der Waals surface area contributed by atoms with Gasteiger partial charge in [0.25, 0.3) is 0 Å². The van der Waals surface area contributed by atoms with Crippen LogP contribution in [0.5, 0.6) is 17.2 Å². The Kier molecular flexibility index (Phi) is 6.96. The van der Waals surface area contributed by atoms with Crippen LogP contribution in [-0.2, 0) is 25.7 Å². The Hall–Kier alpha value is -3.46. The fourth-order valence-electron chi connectivity index (χ4n) is 4.14. The predicted octanol–water partition coefficient (Wildman–Crippen LogP) is 6.44. The van der Waals surface area contributed by atoms with E-state index in [4.69, 9.17) is 14.2 Å². The molecule has 0 N–H and O–H groups in total. The predicted molar refractivity (Wildman–Crippen MR) is 131 cm³/mol. The Morgan fingerprint density at radius 2 is 1.06 bits per heavy atom. The van der Waals surface area contributed by atoms with E-state index in [0.29, 0.717) is 0 Å². The number of ether oxygens (including phenoxy) is 3. The summed E-state index contributed by atoms with van der Waals surface area (Å²) in [6, 6.07) is 28.0. The minimum Gasteiger partial charge on any atom is -0.497 e. The Bertz CT molecular complexity index is 1200. The largest absolute Gasteiger partial charge is 0.497 e. The highest BCUT2D eigenvalue weighted by Gasteiger charge is 2.07. The third-order valence-electron chi connectivity index (χ3n) is 5.93. The van der Waals surface area contributed by atoms with Crippen LogP contribution in [0, 0.1) is 0 Å². The van der Waals surface area contributed by atoms with Gasteiger partial charge in [0.15, 0.2) is 11.5 Å². The average Bonchev–Trinajstić information content (AvgIpc) is 2.85. The summed E-state index contributed by atoms with van der Waals surface area (Å²) in [4.78, 5) is 0. The number of fused-ring (bicyclic) bond motifs is 1. The van der Waals surface area contributed by atoms with Crippen LogP contribution in [0.3, 0.4) is 0 Å². The molecule has 0 aliphatic carbocycles. The molecule has 3 heteroatoms. The molecule has 0 unspecified atom stereocenters. The molecule has 0 spiro atoms. The molecule has 0 aliphatic rings. The quantitative estimate of drug-likeness (QED) is 0.308. The van der Waals surface area contributed by atoms with Gasteiger partial charge in [-0.15, -0.1) is 0 Å². The van der Waals surface area contributed by atoms with Crippen molar-refractivity contribution in [2.75, 3.05) is 21.3 Å². The number of hydrogen-bond acceptors (Lipinski definition) is 3. The molecule has 0 radical (unpaired) electrons. The molecule has 164 valence electrons. The first kappa shape index (κ1) is 21.8. The second-order valence-electron chi connectivity index (χ2n) is 8.06. The third-order valence-corrected chi connectivity index (χ3v) is 5.93. The summed E-state index contributed by atoms with van der Waals surface area (Å²) in [7, 11) is 5.07. The van der Waals surface area contributed by atoms with Crippen molar-refractivity contribution in [1.82, 2.24) is 0 Å². The highest BCUT2D eigenvalue weighted by atomic mass is 16.5. The van der Waals surface area contributed by atoms with Gasteiger partial charge >= 0.3 is 0 Å². The van der Waals surface area contributed by atoms with E-state index in [1.54, 1.807) is 21.3 Å². The minimum atomic E-state index is 0.758. The molecule has 0 saturated heterocycles. The first-order valence-corrected chi connectivity index (χ1v) is 11.0. The SMILES string of the molecule is COc1cc(CCc2ccc(OC)c(OC)c2)cc(CCc2ccc3ccccc3c2)c1. The van der Waals surface area contributed by atoms with Gasteiger partial charge in [0.05, 0.1) is 21.3 Å². The van der Waals surface area contributed by atoms with Crippen molar-refractivity contribution in [1.29, 1.82) is 0 Å². The van der Waals surface area contributed by atoms with Gasteiger partial charge < -0.3 is 14.2 Å². The average molecular weight is 427 g/mol. The highest BCUT2D eigenvalue weighted by molar-refractivity contribution is 5.83. The number of methoxy groups -OCH3 is 3. The van der Waals surface area contributed by atoms with Crippen molar-refractivity contribution in [3.05, 3.63) is 101 Å². The molecular weight excluding hydrogens is 396 g/mol. The Morgan fingerprint density at radius 3 is 1.72 bits per heavy atom. The minimum absolute atomic E-state index is 0.758. The van der Waals surface area contributed by atoms with Gasteiger partial charge in [-0.2, -0.15) is 0 Å².